The van der Waals surface area contributed by atoms with Gasteiger partial charge in [0.1, 0.15) is 0 Å². The van der Waals surface area contributed by atoms with Crippen LogP contribution in [0.5, 0.6) is 0 Å². The molecular formula is C18H26N4O. The number of aromatic nitrogens is 2. The zero-order chi connectivity index (χ0) is 16.4. The zero-order valence-corrected chi connectivity index (χ0v) is 14.5. The Morgan fingerprint density at radius 2 is 1.96 bits per heavy atom. The monoisotopic (exact) mass is 314 g/mol. The second-order valence-electron chi connectivity index (χ2n) is 7.57. The van der Waals surface area contributed by atoms with Gasteiger partial charge in [-0.2, -0.15) is 4.98 Å². The van der Waals surface area contributed by atoms with Gasteiger partial charge in [-0.25, -0.2) is 0 Å². The van der Waals surface area contributed by atoms with Gasteiger partial charge in [0.15, 0.2) is 0 Å². The maximum absolute atomic E-state index is 5.43. The maximum atomic E-state index is 5.43. The summed E-state index contributed by atoms with van der Waals surface area (Å²) < 4.78 is 5.43. The van der Waals surface area contributed by atoms with Crippen LogP contribution < -0.4 is 0 Å². The molecule has 23 heavy (non-hydrogen) atoms. The molecule has 1 fully saturated rings. The first-order valence-corrected chi connectivity index (χ1v) is 8.20. The minimum Gasteiger partial charge on any atom is -0.338 e. The molecule has 0 bridgehead atoms. The summed E-state index contributed by atoms with van der Waals surface area (Å²) in [6, 6.07) is 8.36. The molecule has 0 atom stereocenters. The Balaban J connectivity index is 1.65. The molecule has 3 rings (SSSR count). The fourth-order valence-corrected chi connectivity index (χ4v) is 3.11. The van der Waals surface area contributed by atoms with Gasteiger partial charge in [0.25, 0.3) is 0 Å². The van der Waals surface area contributed by atoms with E-state index in [9.17, 15) is 0 Å². The Morgan fingerprint density at radius 3 is 2.57 bits per heavy atom. The van der Waals surface area contributed by atoms with E-state index in [1.807, 2.05) is 0 Å². The van der Waals surface area contributed by atoms with E-state index in [0.29, 0.717) is 17.1 Å². The molecule has 0 radical (unpaired) electrons. The summed E-state index contributed by atoms with van der Waals surface area (Å²) in [5.74, 6) is 1.38. The van der Waals surface area contributed by atoms with Gasteiger partial charge in [-0.15, -0.1) is 0 Å². The van der Waals surface area contributed by atoms with Crippen molar-refractivity contribution in [1.29, 1.82) is 0 Å². The summed E-state index contributed by atoms with van der Waals surface area (Å²) in [7, 11) is 4.14. The van der Waals surface area contributed by atoms with Crippen LogP contribution in [0.25, 0.3) is 11.4 Å². The number of nitrogens with zero attached hydrogens (tertiary/aromatic N) is 4. The first kappa shape index (κ1) is 16.1. The van der Waals surface area contributed by atoms with Crippen molar-refractivity contribution in [1.82, 2.24) is 19.9 Å². The van der Waals surface area contributed by atoms with Gasteiger partial charge in [-0.3, -0.25) is 4.90 Å². The molecular weight excluding hydrogens is 288 g/mol. The van der Waals surface area contributed by atoms with Gasteiger partial charge >= 0.3 is 0 Å². The van der Waals surface area contributed by atoms with E-state index in [0.717, 1.165) is 31.7 Å². The summed E-state index contributed by atoms with van der Waals surface area (Å²) in [5, 5.41) is 4.13. The van der Waals surface area contributed by atoms with Crippen molar-refractivity contribution in [2.24, 2.45) is 5.41 Å². The summed E-state index contributed by atoms with van der Waals surface area (Å²) in [4.78, 5) is 9.09. The van der Waals surface area contributed by atoms with Crippen LogP contribution in [0.2, 0.25) is 0 Å². The van der Waals surface area contributed by atoms with Crippen molar-refractivity contribution in [3.63, 3.8) is 0 Å². The average molecular weight is 314 g/mol. The molecule has 0 saturated carbocycles. The molecule has 1 aliphatic heterocycles. The smallest absolute Gasteiger partial charge is 0.241 e. The highest BCUT2D eigenvalue weighted by atomic mass is 16.5. The van der Waals surface area contributed by atoms with Crippen LogP contribution in [0.1, 0.15) is 31.7 Å². The third-order valence-corrected chi connectivity index (χ3v) is 4.29. The first-order valence-electron chi connectivity index (χ1n) is 8.20. The van der Waals surface area contributed by atoms with E-state index in [-0.39, 0.29) is 0 Å². The van der Waals surface area contributed by atoms with Crippen LogP contribution in [0, 0.1) is 5.41 Å². The molecule has 124 valence electrons. The van der Waals surface area contributed by atoms with E-state index in [1.165, 1.54) is 12.0 Å². The van der Waals surface area contributed by atoms with Gasteiger partial charge in [-0.05, 0) is 38.0 Å². The van der Waals surface area contributed by atoms with E-state index in [4.69, 9.17) is 4.52 Å². The van der Waals surface area contributed by atoms with Gasteiger partial charge < -0.3 is 9.42 Å². The molecule has 2 aromatic rings. The van der Waals surface area contributed by atoms with Crippen molar-refractivity contribution < 1.29 is 4.52 Å². The molecule has 2 heterocycles. The lowest BCUT2D eigenvalue weighted by molar-refractivity contribution is 0.244. The van der Waals surface area contributed by atoms with Crippen molar-refractivity contribution in [3.8, 4) is 11.4 Å². The minimum absolute atomic E-state index is 0.394. The Labute approximate surface area is 138 Å². The third-order valence-electron chi connectivity index (χ3n) is 4.29. The van der Waals surface area contributed by atoms with Gasteiger partial charge in [-0.1, -0.05) is 43.3 Å². The molecule has 0 spiro atoms. The summed E-state index contributed by atoms with van der Waals surface area (Å²) in [6.45, 7) is 8.48. The van der Waals surface area contributed by atoms with E-state index < -0.39 is 0 Å². The first-order chi connectivity index (χ1) is 10.9. The second-order valence-corrected chi connectivity index (χ2v) is 7.57. The fourth-order valence-electron chi connectivity index (χ4n) is 3.11. The summed E-state index contributed by atoms with van der Waals surface area (Å²) in [6.07, 6.45) is 1.22. The highest BCUT2D eigenvalue weighted by Gasteiger charge is 2.30. The Bertz CT molecular complexity index is 645. The molecule has 1 aliphatic rings. The molecule has 0 unspecified atom stereocenters. The number of hydrogen-bond donors (Lipinski definition) is 0. The molecule has 1 saturated heterocycles. The van der Waals surface area contributed by atoms with E-state index >= 15 is 0 Å². The standard InChI is InChI=1S/C18H26N4O/c1-18(2)9-10-22(13-18)12-16-19-17(20-23-16)15-7-5-14(6-8-15)11-21(3)4/h5-8H,9-13H2,1-4H3. The lowest BCUT2D eigenvalue weighted by Gasteiger charge is -2.17. The predicted molar refractivity (Wildman–Crippen MR) is 90.8 cm³/mol. The fraction of sp³-hybridized carbons (Fsp3) is 0.556. The van der Waals surface area contributed by atoms with Crippen molar-refractivity contribution >= 4 is 0 Å². The van der Waals surface area contributed by atoms with Crippen molar-refractivity contribution in [2.75, 3.05) is 27.2 Å². The SMILES string of the molecule is CN(C)Cc1ccc(-c2noc(CN3CCC(C)(C)C3)n2)cc1. The summed E-state index contributed by atoms with van der Waals surface area (Å²) >= 11 is 0. The van der Waals surface area contributed by atoms with Crippen LogP contribution in [-0.4, -0.2) is 47.1 Å². The number of rotatable bonds is 5. The molecule has 5 nitrogen and oxygen atoms in total. The van der Waals surface area contributed by atoms with Crippen LogP contribution in [0.4, 0.5) is 0 Å². The average Bonchev–Trinajstić information content (AvgIpc) is 3.06. The van der Waals surface area contributed by atoms with Crippen LogP contribution >= 0.6 is 0 Å². The minimum atomic E-state index is 0.394. The number of likely N-dealkylation sites (tertiary alicyclic amines) is 1. The molecule has 0 aliphatic carbocycles. The Morgan fingerprint density at radius 1 is 1.22 bits per heavy atom. The largest absolute Gasteiger partial charge is 0.338 e. The van der Waals surface area contributed by atoms with Crippen molar-refractivity contribution in [2.45, 2.75) is 33.4 Å². The molecule has 0 N–H and O–H groups in total. The molecule has 1 aromatic heterocycles. The van der Waals surface area contributed by atoms with E-state index in [2.05, 4.69) is 72.1 Å². The molecule has 1 aromatic carbocycles. The van der Waals surface area contributed by atoms with Crippen LogP contribution in [-0.2, 0) is 13.1 Å². The lowest BCUT2D eigenvalue weighted by atomic mass is 9.93. The van der Waals surface area contributed by atoms with Crippen LogP contribution in [0.3, 0.4) is 0 Å². The molecule has 5 heteroatoms. The highest BCUT2D eigenvalue weighted by molar-refractivity contribution is 5.54. The predicted octanol–water partition coefficient (Wildman–Crippen LogP) is 3.03. The van der Waals surface area contributed by atoms with Gasteiger partial charge in [0.05, 0.1) is 6.54 Å². The van der Waals surface area contributed by atoms with Gasteiger partial charge in [0, 0.05) is 18.7 Å². The Kier molecular flexibility index (Phi) is 4.50. The topological polar surface area (TPSA) is 45.4 Å². The van der Waals surface area contributed by atoms with E-state index in [1.54, 1.807) is 0 Å². The van der Waals surface area contributed by atoms with Gasteiger partial charge in [0.2, 0.25) is 11.7 Å². The normalized spacial score (nSPS) is 18.0. The summed E-state index contributed by atoms with van der Waals surface area (Å²) in [5.41, 5.74) is 2.68. The molecule has 0 amide bonds. The highest BCUT2D eigenvalue weighted by Crippen LogP contribution is 2.29. The second kappa shape index (κ2) is 6.42. The quantitative estimate of drug-likeness (QED) is 0.849. The van der Waals surface area contributed by atoms with Crippen LogP contribution in [0.15, 0.2) is 28.8 Å². The maximum Gasteiger partial charge on any atom is 0.241 e. The Hall–Kier alpha value is -1.72. The number of benzene rings is 1. The lowest BCUT2D eigenvalue weighted by Crippen LogP contribution is -2.22. The van der Waals surface area contributed by atoms with Crippen molar-refractivity contribution in [3.05, 3.63) is 35.7 Å². The third kappa shape index (κ3) is 4.18. The number of hydrogen-bond acceptors (Lipinski definition) is 5. The zero-order valence-electron chi connectivity index (χ0n) is 14.5.